The summed E-state index contributed by atoms with van der Waals surface area (Å²) in [5.41, 5.74) is 5.37. The maximum absolute atomic E-state index is 13.3. The van der Waals surface area contributed by atoms with Gasteiger partial charge in [0.25, 0.3) is 5.91 Å². The molecule has 0 radical (unpaired) electrons. The van der Waals surface area contributed by atoms with Gasteiger partial charge in [-0.25, -0.2) is 0 Å². The van der Waals surface area contributed by atoms with Gasteiger partial charge < -0.3 is 9.47 Å². The molecular formula is C28H28N2O. The summed E-state index contributed by atoms with van der Waals surface area (Å²) in [7, 11) is 0. The van der Waals surface area contributed by atoms with Crippen molar-refractivity contribution in [2.24, 2.45) is 0 Å². The van der Waals surface area contributed by atoms with Gasteiger partial charge in [0.1, 0.15) is 0 Å². The van der Waals surface area contributed by atoms with E-state index >= 15 is 0 Å². The van der Waals surface area contributed by atoms with Crippen molar-refractivity contribution in [1.29, 1.82) is 0 Å². The number of benzene rings is 3. The molecule has 0 saturated carbocycles. The minimum Gasteiger partial charge on any atom is -0.345 e. The monoisotopic (exact) mass is 408 g/mol. The van der Waals surface area contributed by atoms with Crippen LogP contribution in [0.15, 0.2) is 103 Å². The van der Waals surface area contributed by atoms with E-state index in [1.807, 2.05) is 53.4 Å². The van der Waals surface area contributed by atoms with Gasteiger partial charge in [-0.05, 0) is 54.8 Å². The summed E-state index contributed by atoms with van der Waals surface area (Å²) in [5.74, 6) is 0.0575. The van der Waals surface area contributed by atoms with E-state index < -0.39 is 0 Å². The second kappa shape index (κ2) is 9.48. The maximum atomic E-state index is 13.3. The first-order chi connectivity index (χ1) is 15.1. The van der Waals surface area contributed by atoms with Gasteiger partial charge in [-0.2, -0.15) is 0 Å². The number of rotatable bonds is 7. The Bertz CT molecular complexity index is 1110. The fraction of sp³-hybridized carbons (Fsp3) is 0.179. The van der Waals surface area contributed by atoms with E-state index in [0.29, 0.717) is 6.54 Å². The molecule has 156 valence electrons. The zero-order chi connectivity index (χ0) is 21.6. The molecule has 0 aliphatic carbocycles. The average molecular weight is 409 g/mol. The number of nitrogens with zero attached hydrogens (tertiary/aromatic N) is 2. The van der Waals surface area contributed by atoms with Gasteiger partial charge in [0.05, 0.1) is 6.54 Å². The third kappa shape index (κ3) is 4.95. The van der Waals surface area contributed by atoms with E-state index in [9.17, 15) is 4.79 Å². The predicted octanol–water partition coefficient (Wildman–Crippen LogP) is 6.25. The molecule has 4 aromatic rings. The molecule has 31 heavy (non-hydrogen) atoms. The Labute approximate surface area is 184 Å². The zero-order valence-electron chi connectivity index (χ0n) is 18.1. The summed E-state index contributed by atoms with van der Waals surface area (Å²) in [4.78, 5) is 15.3. The van der Waals surface area contributed by atoms with E-state index in [4.69, 9.17) is 0 Å². The van der Waals surface area contributed by atoms with Crippen LogP contribution in [0, 0.1) is 0 Å². The van der Waals surface area contributed by atoms with Gasteiger partial charge in [0.15, 0.2) is 0 Å². The first-order valence-electron chi connectivity index (χ1n) is 10.8. The Morgan fingerprint density at radius 1 is 0.774 bits per heavy atom. The largest absolute Gasteiger partial charge is 0.345 e. The van der Waals surface area contributed by atoms with Gasteiger partial charge in [0.2, 0.25) is 0 Å². The standard InChI is InChI=1S/C28H28N2O/c1-22(2)30(21-27-14-9-19-29(27)20-23-10-5-3-6-11-23)28(31)26-17-15-25(16-18-26)24-12-7-4-8-13-24/h3-19,22H,20-21H2,1-2H3. The minimum atomic E-state index is 0.0575. The summed E-state index contributed by atoms with van der Waals surface area (Å²) in [6.07, 6.45) is 2.08. The third-order valence-corrected chi connectivity index (χ3v) is 5.57. The Morgan fingerprint density at radius 2 is 1.39 bits per heavy atom. The molecule has 0 N–H and O–H groups in total. The van der Waals surface area contributed by atoms with Gasteiger partial charge in [-0.3, -0.25) is 4.79 Å². The Balaban J connectivity index is 1.52. The lowest BCUT2D eigenvalue weighted by Gasteiger charge is -2.27. The number of carbonyl (C=O) groups is 1. The third-order valence-electron chi connectivity index (χ3n) is 5.57. The van der Waals surface area contributed by atoms with Gasteiger partial charge in [0, 0.05) is 30.0 Å². The van der Waals surface area contributed by atoms with Crippen molar-refractivity contribution < 1.29 is 4.79 Å². The van der Waals surface area contributed by atoms with Crippen LogP contribution in [0.1, 0.15) is 35.5 Å². The highest BCUT2D eigenvalue weighted by Crippen LogP contribution is 2.21. The molecule has 4 rings (SSSR count). The second-order valence-electron chi connectivity index (χ2n) is 8.08. The van der Waals surface area contributed by atoms with E-state index in [-0.39, 0.29) is 11.9 Å². The Kier molecular flexibility index (Phi) is 6.32. The number of amides is 1. The Morgan fingerprint density at radius 3 is 2.03 bits per heavy atom. The van der Waals surface area contributed by atoms with Crippen molar-refractivity contribution in [3.8, 4) is 11.1 Å². The second-order valence-corrected chi connectivity index (χ2v) is 8.08. The van der Waals surface area contributed by atoms with Crippen LogP contribution in [-0.2, 0) is 13.1 Å². The molecule has 1 amide bonds. The lowest BCUT2D eigenvalue weighted by Crippen LogP contribution is -2.37. The molecule has 3 heteroatoms. The van der Waals surface area contributed by atoms with Crippen molar-refractivity contribution in [3.05, 3.63) is 120 Å². The lowest BCUT2D eigenvalue weighted by atomic mass is 10.0. The van der Waals surface area contributed by atoms with Crippen molar-refractivity contribution in [3.63, 3.8) is 0 Å². The smallest absolute Gasteiger partial charge is 0.254 e. The molecule has 1 heterocycles. The van der Waals surface area contributed by atoms with Crippen LogP contribution in [0.5, 0.6) is 0 Å². The van der Waals surface area contributed by atoms with Crippen molar-refractivity contribution in [2.75, 3.05) is 0 Å². The quantitative estimate of drug-likeness (QED) is 0.355. The summed E-state index contributed by atoms with van der Waals surface area (Å²) < 4.78 is 2.22. The van der Waals surface area contributed by atoms with Crippen molar-refractivity contribution >= 4 is 5.91 Å². The highest BCUT2D eigenvalue weighted by Gasteiger charge is 2.20. The van der Waals surface area contributed by atoms with Crippen LogP contribution >= 0.6 is 0 Å². The summed E-state index contributed by atoms with van der Waals surface area (Å²) in [6.45, 7) is 5.52. The predicted molar refractivity (Wildman–Crippen MR) is 127 cm³/mol. The zero-order valence-corrected chi connectivity index (χ0v) is 18.1. The minimum absolute atomic E-state index is 0.0575. The van der Waals surface area contributed by atoms with Gasteiger partial charge in [-0.1, -0.05) is 72.8 Å². The van der Waals surface area contributed by atoms with Crippen molar-refractivity contribution in [1.82, 2.24) is 9.47 Å². The van der Waals surface area contributed by atoms with Crippen LogP contribution in [0.25, 0.3) is 11.1 Å². The van der Waals surface area contributed by atoms with Crippen LogP contribution < -0.4 is 0 Å². The van der Waals surface area contributed by atoms with E-state index in [2.05, 4.69) is 73.1 Å². The molecular weight excluding hydrogens is 380 g/mol. The first-order valence-corrected chi connectivity index (χ1v) is 10.8. The SMILES string of the molecule is CC(C)N(Cc1cccn1Cc1ccccc1)C(=O)c1ccc(-c2ccccc2)cc1. The lowest BCUT2D eigenvalue weighted by molar-refractivity contribution is 0.0686. The van der Waals surface area contributed by atoms with E-state index in [1.165, 1.54) is 5.56 Å². The summed E-state index contributed by atoms with van der Waals surface area (Å²) in [5, 5.41) is 0. The molecule has 0 fully saturated rings. The van der Waals surface area contributed by atoms with E-state index in [0.717, 1.165) is 28.9 Å². The fourth-order valence-corrected chi connectivity index (χ4v) is 3.79. The molecule has 0 unspecified atom stereocenters. The number of carbonyl (C=O) groups excluding carboxylic acids is 1. The number of aromatic nitrogens is 1. The normalized spacial score (nSPS) is 10.9. The van der Waals surface area contributed by atoms with Gasteiger partial charge >= 0.3 is 0 Å². The molecule has 0 saturated heterocycles. The maximum Gasteiger partial charge on any atom is 0.254 e. The number of hydrogen-bond donors (Lipinski definition) is 0. The highest BCUT2D eigenvalue weighted by atomic mass is 16.2. The topological polar surface area (TPSA) is 25.2 Å². The molecule has 0 aliphatic rings. The number of hydrogen-bond acceptors (Lipinski definition) is 1. The van der Waals surface area contributed by atoms with Crippen LogP contribution in [0.3, 0.4) is 0 Å². The summed E-state index contributed by atoms with van der Waals surface area (Å²) >= 11 is 0. The molecule has 3 aromatic carbocycles. The van der Waals surface area contributed by atoms with E-state index in [1.54, 1.807) is 0 Å². The van der Waals surface area contributed by atoms with Crippen LogP contribution in [0.2, 0.25) is 0 Å². The molecule has 0 spiro atoms. The molecule has 1 aromatic heterocycles. The molecule has 0 aliphatic heterocycles. The van der Waals surface area contributed by atoms with Crippen molar-refractivity contribution in [2.45, 2.75) is 33.0 Å². The molecule has 0 bridgehead atoms. The molecule has 3 nitrogen and oxygen atoms in total. The van der Waals surface area contributed by atoms with Crippen LogP contribution in [0.4, 0.5) is 0 Å². The summed E-state index contributed by atoms with van der Waals surface area (Å²) in [6, 6.07) is 32.8. The fourth-order valence-electron chi connectivity index (χ4n) is 3.79. The molecule has 0 atom stereocenters. The Hall–Kier alpha value is -3.59. The first kappa shape index (κ1) is 20.7. The van der Waals surface area contributed by atoms with Gasteiger partial charge in [-0.15, -0.1) is 0 Å². The highest BCUT2D eigenvalue weighted by molar-refractivity contribution is 5.94. The van der Waals surface area contributed by atoms with Crippen LogP contribution in [-0.4, -0.2) is 21.4 Å². The average Bonchev–Trinajstić information content (AvgIpc) is 3.25.